The molecule has 0 aliphatic rings. The topological polar surface area (TPSA) is 89.3 Å². The van der Waals surface area contributed by atoms with Gasteiger partial charge in [-0.1, -0.05) is 13.3 Å². The van der Waals surface area contributed by atoms with Gasteiger partial charge >= 0.3 is 0 Å². The Morgan fingerprint density at radius 3 is 2.46 bits per heavy atom. The third kappa shape index (κ3) is 5.59. The fourth-order valence-corrected chi connectivity index (χ4v) is 2.16. The van der Waals surface area contributed by atoms with E-state index in [1.807, 2.05) is 6.92 Å². The quantitative estimate of drug-likeness (QED) is 0.621. The molecule has 0 aromatic rings. The molecule has 0 radical (unpaired) electrons. The molecule has 0 aromatic heterocycles. The zero-order chi connectivity index (χ0) is 10.5. The minimum absolute atomic E-state index is 0.0428. The molecule has 13 heavy (non-hydrogen) atoms. The summed E-state index contributed by atoms with van der Waals surface area (Å²) in [5.41, 5.74) is 4.91. The van der Waals surface area contributed by atoms with Crippen molar-refractivity contribution in [2.45, 2.75) is 32.7 Å². The average Bonchev–Trinajstić information content (AvgIpc) is 2.00. The number of amides is 1. The second-order valence-corrected chi connectivity index (χ2v) is 4.79. The smallest absolute Gasteiger partial charge is 0.235 e. The van der Waals surface area contributed by atoms with E-state index >= 15 is 0 Å². The Kier molecular flexibility index (Phi) is 4.94. The molecule has 3 N–H and O–H groups in total. The van der Waals surface area contributed by atoms with Crippen molar-refractivity contribution in [3.63, 3.8) is 0 Å². The summed E-state index contributed by atoms with van der Waals surface area (Å²) in [5.74, 6) is -0.624. The maximum absolute atomic E-state index is 11.2. The van der Waals surface area contributed by atoms with Gasteiger partial charge in [-0.3, -0.25) is 4.79 Å². The van der Waals surface area contributed by atoms with Crippen LogP contribution in [0, 0.1) is 0 Å². The summed E-state index contributed by atoms with van der Waals surface area (Å²) in [6, 6.07) is -0.832. The zero-order valence-electron chi connectivity index (χ0n) is 7.91. The summed E-state index contributed by atoms with van der Waals surface area (Å²) in [7, 11) is -3.34. The van der Waals surface area contributed by atoms with E-state index < -0.39 is 22.0 Å². The fraction of sp³-hybridized carbons (Fsp3) is 0.857. The second-order valence-electron chi connectivity index (χ2n) is 2.91. The average molecular weight is 208 g/mol. The standard InChI is InChI=1S/C7H16N2O3S/c1-3-4-5-13(11,12)9-6(2)7(8)10/h6,9H,3-5H2,1-2H3,(H2,8,10)/t6-/m1/s1. The van der Waals surface area contributed by atoms with Crippen molar-refractivity contribution >= 4 is 15.9 Å². The number of rotatable bonds is 6. The van der Waals surface area contributed by atoms with Crippen molar-refractivity contribution in [1.29, 1.82) is 0 Å². The van der Waals surface area contributed by atoms with Gasteiger partial charge in [0.1, 0.15) is 0 Å². The van der Waals surface area contributed by atoms with Gasteiger partial charge in [0.25, 0.3) is 0 Å². The van der Waals surface area contributed by atoms with Crippen molar-refractivity contribution in [2.75, 3.05) is 5.75 Å². The minimum Gasteiger partial charge on any atom is -0.368 e. The van der Waals surface area contributed by atoms with E-state index in [-0.39, 0.29) is 5.75 Å². The molecular formula is C7H16N2O3S. The number of hydrogen-bond donors (Lipinski definition) is 2. The van der Waals surface area contributed by atoms with Gasteiger partial charge in [-0.2, -0.15) is 0 Å². The van der Waals surface area contributed by atoms with Crippen LogP contribution in [-0.4, -0.2) is 26.1 Å². The third-order valence-electron chi connectivity index (χ3n) is 1.55. The van der Waals surface area contributed by atoms with Gasteiger partial charge < -0.3 is 5.73 Å². The van der Waals surface area contributed by atoms with Crippen molar-refractivity contribution in [3.8, 4) is 0 Å². The molecule has 1 atom stereocenters. The molecule has 0 rings (SSSR count). The molecule has 1 amide bonds. The van der Waals surface area contributed by atoms with E-state index in [1.165, 1.54) is 6.92 Å². The van der Waals surface area contributed by atoms with Crippen molar-refractivity contribution < 1.29 is 13.2 Å². The van der Waals surface area contributed by atoms with Crippen LogP contribution in [-0.2, 0) is 14.8 Å². The SMILES string of the molecule is CCCCS(=O)(=O)N[C@H](C)C(N)=O. The first kappa shape index (κ1) is 12.4. The maximum Gasteiger partial charge on any atom is 0.235 e. The largest absolute Gasteiger partial charge is 0.368 e. The van der Waals surface area contributed by atoms with E-state index in [9.17, 15) is 13.2 Å². The lowest BCUT2D eigenvalue weighted by atomic mass is 10.4. The lowest BCUT2D eigenvalue weighted by Crippen LogP contribution is -2.43. The lowest BCUT2D eigenvalue weighted by molar-refractivity contribution is -0.119. The molecule has 0 aliphatic carbocycles. The Balaban J connectivity index is 4.10. The number of nitrogens with one attached hydrogen (secondary N) is 1. The van der Waals surface area contributed by atoms with Crippen LogP contribution in [0.1, 0.15) is 26.7 Å². The van der Waals surface area contributed by atoms with Gasteiger partial charge in [0.15, 0.2) is 0 Å². The molecule has 0 saturated carbocycles. The molecule has 6 heteroatoms. The number of unbranched alkanes of at least 4 members (excludes halogenated alkanes) is 1. The van der Waals surface area contributed by atoms with Crippen LogP contribution in [0.2, 0.25) is 0 Å². The van der Waals surface area contributed by atoms with Crippen LogP contribution in [0.3, 0.4) is 0 Å². The molecule has 0 aliphatic heterocycles. The van der Waals surface area contributed by atoms with Gasteiger partial charge in [-0.25, -0.2) is 13.1 Å². The van der Waals surface area contributed by atoms with Crippen molar-refractivity contribution in [1.82, 2.24) is 4.72 Å². The number of primary amides is 1. The van der Waals surface area contributed by atoms with Crippen LogP contribution in [0.5, 0.6) is 0 Å². The number of hydrogen-bond acceptors (Lipinski definition) is 3. The predicted octanol–water partition coefficient (Wildman–Crippen LogP) is -0.420. The Labute approximate surface area is 78.7 Å². The third-order valence-corrected chi connectivity index (χ3v) is 3.09. The van der Waals surface area contributed by atoms with E-state index in [0.29, 0.717) is 6.42 Å². The van der Waals surface area contributed by atoms with Crippen molar-refractivity contribution in [3.05, 3.63) is 0 Å². The molecule has 0 fully saturated rings. The summed E-state index contributed by atoms with van der Waals surface area (Å²) in [6.07, 6.45) is 1.38. The highest BCUT2D eigenvalue weighted by Gasteiger charge is 2.16. The van der Waals surface area contributed by atoms with Crippen molar-refractivity contribution in [2.24, 2.45) is 5.73 Å². The van der Waals surface area contributed by atoms with Crippen LogP contribution < -0.4 is 10.5 Å². The highest BCUT2D eigenvalue weighted by atomic mass is 32.2. The lowest BCUT2D eigenvalue weighted by Gasteiger charge is -2.09. The number of carbonyl (C=O) groups excluding carboxylic acids is 1. The number of nitrogens with two attached hydrogens (primary N) is 1. The Morgan fingerprint density at radius 1 is 1.54 bits per heavy atom. The van der Waals surface area contributed by atoms with E-state index in [1.54, 1.807) is 0 Å². The second kappa shape index (κ2) is 5.18. The number of sulfonamides is 1. The van der Waals surface area contributed by atoms with E-state index in [4.69, 9.17) is 5.73 Å². The monoisotopic (exact) mass is 208 g/mol. The van der Waals surface area contributed by atoms with Gasteiger partial charge in [0.2, 0.25) is 15.9 Å². The molecule has 0 heterocycles. The zero-order valence-corrected chi connectivity index (χ0v) is 8.73. The summed E-state index contributed by atoms with van der Waals surface area (Å²) >= 11 is 0. The van der Waals surface area contributed by atoms with Gasteiger partial charge in [-0.05, 0) is 13.3 Å². The van der Waals surface area contributed by atoms with Crippen LogP contribution in [0.15, 0.2) is 0 Å². The van der Waals surface area contributed by atoms with Crippen LogP contribution >= 0.6 is 0 Å². The Morgan fingerprint density at radius 2 is 2.08 bits per heavy atom. The number of carbonyl (C=O) groups is 1. The summed E-state index contributed by atoms with van der Waals surface area (Å²) in [4.78, 5) is 10.5. The van der Waals surface area contributed by atoms with Crippen LogP contribution in [0.25, 0.3) is 0 Å². The summed E-state index contributed by atoms with van der Waals surface area (Å²) < 4.78 is 24.6. The Hall–Kier alpha value is -0.620. The highest BCUT2D eigenvalue weighted by Crippen LogP contribution is 1.95. The molecule has 0 bridgehead atoms. The summed E-state index contributed by atoms with van der Waals surface area (Å²) in [6.45, 7) is 3.32. The molecule has 0 saturated heterocycles. The molecule has 0 spiro atoms. The molecule has 0 aromatic carbocycles. The molecule has 0 unspecified atom stereocenters. The van der Waals surface area contributed by atoms with E-state index in [2.05, 4.69) is 4.72 Å². The van der Waals surface area contributed by atoms with Gasteiger partial charge in [-0.15, -0.1) is 0 Å². The highest BCUT2D eigenvalue weighted by molar-refractivity contribution is 7.89. The van der Waals surface area contributed by atoms with Gasteiger partial charge in [0.05, 0.1) is 11.8 Å². The normalized spacial score (nSPS) is 14.0. The first-order valence-electron chi connectivity index (χ1n) is 4.18. The molecule has 78 valence electrons. The first-order chi connectivity index (χ1) is 5.89. The molecule has 5 nitrogen and oxygen atoms in total. The first-order valence-corrected chi connectivity index (χ1v) is 5.83. The molecular weight excluding hydrogens is 192 g/mol. The fourth-order valence-electron chi connectivity index (χ4n) is 0.721. The maximum atomic E-state index is 11.2. The van der Waals surface area contributed by atoms with Crippen LogP contribution in [0.4, 0.5) is 0 Å². The Bertz CT molecular complexity index is 261. The van der Waals surface area contributed by atoms with Gasteiger partial charge in [0, 0.05) is 0 Å². The minimum atomic E-state index is -3.34. The predicted molar refractivity (Wildman–Crippen MR) is 50.5 cm³/mol. The summed E-state index contributed by atoms with van der Waals surface area (Å²) in [5, 5.41) is 0. The van der Waals surface area contributed by atoms with E-state index in [0.717, 1.165) is 6.42 Å².